The summed E-state index contributed by atoms with van der Waals surface area (Å²) in [6.07, 6.45) is 1.39. The molecule has 0 saturated carbocycles. The SMILES string of the molecule is CC(Cc1c(F)cccc1F)NC(=O)CN1CCC(C(N)=O)CC1. The van der Waals surface area contributed by atoms with Crippen LogP contribution in [0.25, 0.3) is 0 Å². The average molecular weight is 339 g/mol. The Morgan fingerprint density at radius 1 is 1.29 bits per heavy atom. The molecule has 1 unspecified atom stereocenters. The van der Waals surface area contributed by atoms with Crippen LogP contribution in [0.3, 0.4) is 0 Å². The highest BCUT2D eigenvalue weighted by molar-refractivity contribution is 5.78. The van der Waals surface area contributed by atoms with Gasteiger partial charge in [-0.05, 0) is 51.4 Å². The minimum atomic E-state index is -0.607. The highest BCUT2D eigenvalue weighted by atomic mass is 19.1. The molecule has 1 fully saturated rings. The zero-order valence-electron chi connectivity index (χ0n) is 13.7. The average Bonchev–Trinajstić information content (AvgIpc) is 2.51. The molecular formula is C17H23F2N3O2. The smallest absolute Gasteiger partial charge is 0.234 e. The van der Waals surface area contributed by atoms with Gasteiger partial charge in [-0.15, -0.1) is 0 Å². The molecule has 132 valence electrons. The normalized spacial score (nSPS) is 17.5. The maximum atomic E-state index is 13.6. The van der Waals surface area contributed by atoms with Crippen molar-refractivity contribution in [2.24, 2.45) is 11.7 Å². The number of likely N-dealkylation sites (tertiary alicyclic amines) is 1. The largest absolute Gasteiger partial charge is 0.369 e. The Labute approximate surface area is 140 Å². The predicted molar refractivity (Wildman–Crippen MR) is 86.0 cm³/mol. The van der Waals surface area contributed by atoms with Gasteiger partial charge < -0.3 is 11.1 Å². The van der Waals surface area contributed by atoms with Crippen LogP contribution in [0.2, 0.25) is 0 Å². The van der Waals surface area contributed by atoms with E-state index in [0.29, 0.717) is 25.9 Å². The summed E-state index contributed by atoms with van der Waals surface area (Å²) < 4.78 is 27.2. The number of nitrogens with one attached hydrogen (secondary N) is 1. The molecule has 0 aliphatic carbocycles. The zero-order valence-corrected chi connectivity index (χ0v) is 13.7. The lowest BCUT2D eigenvalue weighted by atomic mass is 9.96. The molecule has 3 N–H and O–H groups in total. The van der Waals surface area contributed by atoms with E-state index in [0.717, 1.165) is 0 Å². The topological polar surface area (TPSA) is 75.4 Å². The first-order valence-electron chi connectivity index (χ1n) is 8.10. The molecule has 1 aliphatic heterocycles. The van der Waals surface area contributed by atoms with Crippen molar-refractivity contribution in [1.29, 1.82) is 0 Å². The van der Waals surface area contributed by atoms with Gasteiger partial charge in [0.15, 0.2) is 0 Å². The van der Waals surface area contributed by atoms with Crippen LogP contribution in [0.15, 0.2) is 18.2 Å². The maximum Gasteiger partial charge on any atom is 0.234 e. The summed E-state index contributed by atoms with van der Waals surface area (Å²) in [6, 6.07) is 3.34. The van der Waals surface area contributed by atoms with E-state index >= 15 is 0 Å². The Balaban J connectivity index is 1.79. The summed E-state index contributed by atoms with van der Waals surface area (Å²) in [6.45, 7) is 3.19. The zero-order chi connectivity index (χ0) is 17.7. The third-order valence-electron chi connectivity index (χ3n) is 4.34. The van der Waals surface area contributed by atoms with E-state index in [1.165, 1.54) is 18.2 Å². The van der Waals surface area contributed by atoms with Gasteiger partial charge in [-0.2, -0.15) is 0 Å². The third kappa shape index (κ3) is 4.99. The second-order valence-corrected chi connectivity index (χ2v) is 6.33. The van der Waals surface area contributed by atoms with Crippen LogP contribution in [0, 0.1) is 17.6 Å². The Kier molecular flexibility index (Phi) is 6.25. The lowest BCUT2D eigenvalue weighted by molar-refractivity contribution is -0.124. The molecule has 1 saturated heterocycles. The molecule has 2 rings (SSSR count). The number of piperidine rings is 1. The van der Waals surface area contributed by atoms with Crippen LogP contribution in [0.4, 0.5) is 8.78 Å². The minimum Gasteiger partial charge on any atom is -0.369 e. The van der Waals surface area contributed by atoms with Crippen molar-refractivity contribution in [3.8, 4) is 0 Å². The van der Waals surface area contributed by atoms with Crippen LogP contribution in [-0.2, 0) is 16.0 Å². The number of hydrogen-bond acceptors (Lipinski definition) is 3. The predicted octanol–water partition coefficient (Wildman–Crippen LogP) is 1.21. The van der Waals surface area contributed by atoms with Crippen molar-refractivity contribution >= 4 is 11.8 Å². The molecule has 1 atom stereocenters. The fourth-order valence-electron chi connectivity index (χ4n) is 2.98. The van der Waals surface area contributed by atoms with Crippen molar-refractivity contribution in [2.45, 2.75) is 32.2 Å². The minimum absolute atomic E-state index is 0.0208. The Morgan fingerprint density at radius 3 is 2.42 bits per heavy atom. The fourth-order valence-corrected chi connectivity index (χ4v) is 2.98. The number of rotatable bonds is 6. The van der Waals surface area contributed by atoms with Gasteiger partial charge in [0.05, 0.1) is 6.54 Å². The number of nitrogens with two attached hydrogens (primary N) is 1. The lowest BCUT2D eigenvalue weighted by Crippen LogP contribution is -2.45. The standard InChI is InChI=1S/C17H23F2N3O2/c1-11(9-13-14(18)3-2-4-15(13)19)21-16(23)10-22-7-5-12(6-8-22)17(20)24/h2-4,11-12H,5-10H2,1H3,(H2,20,24)(H,21,23). The number of nitrogens with zero attached hydrogens (tertiary/aromatic N) is 1. The molecule has 24 heavy (non-hydrogen) atoms. The van der Waals surface area contributed by atoms with E-state index in [9.17, 15) is 18.4 Å². The highest BCUT2D eigenvalue weighted by Gasteiger charge is 2.24. The van der Waals surface area contributed by atoms with Gasteiger partial charge in [0.25, 0.3) is 0 Å². The summed E-state index contributed by atoms with van der Waals surface area (Å²) in [5.74, 6) is -1.82. The summed E-state index contributed by atoms with van der Waals surface area (Å²) in [7, 11) is 0. The van der Waals surface area contributed by atoms with E-state index in [1.54, 1.807) is 6.92 Å². The van der Waals surface area contributed by atoms with Gasteiger partial charge in [0.2, 0.25) is 11.8 Å². The van der Waals surface area contributed by atoms with Crippen LogP contribution in [-0.4, -0.2) is 42.4 Å². The van der Waals surface area contributed by atoms with E-state index in [2.05, 4.69) is 5.32 Å². The second-order valence-electron chi connectivity index (χ2n) is 6.33. The van der Waals surface area contributed by atoms with Gasteiger partial charge in [-0.25, -0.2) is 8.78 Å². The van der Waals surface area contributed by atoms with Crippen LogP contribution in [0.5, 0.6) is 0 Å². The first-order chi connectivity index (χ1) is 11.4. The molecule has 5 nitrogen and oxygen atoms in total. The molecule has 0 radical (unpaired) electrons. The van der Waals surface area contributed by atoms with Gasteiger partial charge >= 0.3 is 0 Å². The van der Waals surface area contributed by atoms with Gasteiger partial charge in [0.1, 0.15) is 11.6 Å². The number of carbonyl (C=O) groups is 2. The molecular weight excluding hydrogens is 316 g/mol. The van der Waals surface area contributed by atoms with E-state index in [4.69, 9.17) is 5.73 Å². The fraction of sp³-hybridized carbons (Fsp3) is 0.529. The van der Waals surface area contributed by atoms with E-state index < -0.39 is 11.6 Å². The first kappa shape index (κ1) is 18.3. The number of carbonyl (C=O) groups excluding carboxylic acids is 2. The molecule has 2 amide bonds. The number of hydrogen-bond donors (Lipinski definition) is 2. The van der Waals surface area contributed by atoms with Gasteiger partial charge in [0, 0.05) is 17.5 Å². The second kappa shape index (κ2) is 8.19. The summed E-state index contributed by atoms with van der Waals surface area (Å²) in [5.41, 5.74) is 5.26. The van der Waals surface area contributed by atoms with Crippen molar-refractivity contribution in [3.05, 3.63) is 35.4 Å². The molecule has 0 bridgehead atoms. The van der Waals surface area contributed by atoms with Crippen LogP contribution in [0.1, 0.15) is 25.3 Å². The molecule has 7 heteroatoms. The summed E-state index contributed by atoms with van der Waals surface area (Å²) >= 11 is 0. The van der Waals surface area contributed by atoms with Crippen LogP contribution < -0.4 is 11.1 Å². The van der Waals surface area contributed by atoms with Crippen molar-refractivity contribution in [3.63, 3.8) is 0 Å². The number of primary amides is 1. The van der Waals surface area contributed by atoms with Crippen LogP contribution >= 0.6 is 0 Å². The monoisotopic (exact) mass is 339 g/mol. The molecule has 1 heterocycles. The Morgan fingerprint density at radius 2 is 1.88 bits per heavy atom. The first-order valence-corrected chi connectivity index (χ1v) is 8.10. The summed E-state index contributed by atoms with van der Waals surface area (Å²) in [5, 5.41) is 2.76. The molecule has 1 aromatic carbocycles. The van der Waals surface area contributed by atoms with Crippen molar-refractivity contribution < 1.29 is 18.4 Å². The van der Waals surface area contributed by atoms with E-state index in [1.807, 2.05) is 4.90 Å². The molecule has 0 spiro atoms. The summed E-state index contributed by atoms with van der Waals surface area (Å²) in [4.78, 5) is 25.1. The van der Waals surface area contributed by atoms with Crippen molar-refractivity contribution in [1.82, 2.24) is 10.2 Å². The number of amides is 2. The Hall–Kier alpha value is -2.02. The highest BCUT2D eigenvalue weighted by Crippen LogP contribution is 2.16. The lowest BCUT2D eigenvalue weighted by Gasteiger charge is -2.30. The maximum absolute atomic E-state index is 13.6. The third-order valence-corrected chi connectivity index (χ3v) is 4.34. The van der Waals surface area contributed by atoms with Gasteiger partial charge in [-0.1, -0.05) is 6.07 Å². The number of halogens is 2. The molecule has 1 aromatic rings. The van der Waals surface area contributed by atoms with Gasteiger partial charge in [-0.3, -0.25) is 14.5 Å². The molecule has 1 aliphatic rings. The quantitative estimate of drug-likeness (QED) is 0.818. The van der Waals surface area contributed by atoms with Crippen molar-refractivity contribution in [2.75, 3.05) is 19.6 Å². The molecule has 0 aromatic heterocycles. The van der Waals surface area contributed by atoms with E-state index in [-0.39, 0.29) is 42.3 Å². The number of benzene rings is 1. The Bertz CT molecular complexity index is 581.